The molecule has 0 fully saturated rings. The minimum Gasteiger partial charge on any atom is -0.463 e. The first-order valence-electron chi connectivity index (χ1n) is 7.47. The van der Waals surface area contributed by atoms with Gasteiger partial charge in [-0.25, -0.2) is 9.78 Å². The average Bonchev–Trinajstić information content (AvgIpc) is 3.09. The van der Waals surface area contributed by atoms with Crippen molar-refractivity contribution in [1.29, 1.82) is 0 Å². The smallest absolute Gasteiger partial charge is 0.338 e. The van der Waals surface area contributed by atoms with E-state index in [1.807, 2.05) is 24.4 Å². The molecule has 1 aromatic heterocycles. The normalized spacial score (nSPS) is 17.3. The summed E-state index contributed by atoms with van der Waals surface area (Å²) in [6.07, 6.45) is 0. The third-order valence-electron chi connectivity index (χ3n) is 3.60. The molecule has 124 valence electrons. The largest absolute Gasteiger partial charge is 0.463 e. The third-order valence-corrected chi connectivity index (χ3v) is 4.44. The molecule has 7 heteroatoms. The first-order chi connectivity index (χ1) is 11.6. The summed E-state index contributed by atoms with van der Waals surface area (Å²) >= 11 is 7.47. The summed E-state index contributed by atoms with van der Waals surface area (Å²) in [6, 6.07) is 6.85. The minimum atomic E-state index is -0.459. The minimum absolute atomic E-state index is 0.311. The van der Waals surface area contributed by atoms with Crippen LogP contribution in [0.3, 0.4) is 0 Å². The van der Waals surface area contributed by atoms with Crippen LogP contribution in [0, 0.1) is 0 Å². The van der Waals surface area contributed by atoms with Crippen LogP contribution in [0.25, 0.3) is 0 Å². The number of hydrogen-bond donors (Lipinski definition) is 1. The maximum Gasteiger partial charge on any atom is 0.338 e. The number of rotatable bonds is 4. The van der Waals surface area contributed by atoms with Crippen LogP contribution < -0.4 is 5.32 Å². The van der Waals surface area contributed by atoms with Gasteiger partial charge < -0.3 is 10.1 Å². The number of carbonyl (C=O) groups is 1. The van der Waals surface area contributed by atoms with Gasteiger partial charge in [0, 0.05) is 16.1 Å². The molecule has 0 unspecified atom stereocenters. The van der Waals surface area contributed by atoms with Gasteiger partial charge in [-0.15, -0.1) is 11.3 Å². The van der Waals surface area contributed by atoms with Crippen molar-refractivity contribution in [3.63, 3.8) is 0 Å². The molecular formula is C17H16ClN3O2S. The summed E-state index contributed by atoms with van der Waals surface area (Å²) in [4.78, 5) is 21.4. The molecule has 0 bridgehead atoms. The van der Waals surface area contributed by atoms with Crippen molar-refractivity contribution < 1.29 is 9.53 Å². The lowest BCUT2D eigenvalue weighted by Crippen LogP contribution is -2.33. The zero-order valence-electron chi connectivity index (χ0n) is 13.2. The van der Waals surface area contributed by atoms with Crippen LogP contribution in [0.4, 0.5) is 0 Å². The number of halogens is 1. The molecule has 1 N–H and O–H groups in total. The molecular weight excluding hydrogens is 346 g/mol. The van der Waals surface area contributed by atoms with Crippen LogP contribution in [0.5, 0.6) is 0 Å². The molecule has 0 saturated carbocycles. The molecule has 0 radical (unpaired) electrons. The number of aromatic nitrogens is 1. The average molecular weight is 362 g/mol. The van der Waals surface area contributed by atoms with Crippen LogP contribution in [-0.2, 0) is 9.53 Å². The fraction of sp³-hybridized carbons (Fsp3) is 0.235. The number of ether oxygens (including phenoxy) is 1. The molecule has 2 aromatic rings. The number of hydrogen-bond acceptors (Lipinski definition) is 6. The van der Waals surface area contributed by atoms with Gasteiger partial charge in [-0.05, 0) is 31.5 Å². The van der Waals surface area contributed by atoms with Crippen LogP contribution in [0.2, 0.25) is 5.02 Å². The number of thiazole rings is 1. The lowest BCUT2D eigenvalue weighted by atomic mass is 9.96. The van der Waals surface area contributed by atoms with Crippen molar-refractivity contribution in [2.75, 3.05) is 6.61 Å². The third kappa shape index (κ3) is 3.34. The molecule has 1 atom stereocenters. The van der Waals surface area contributed by atoms with Gasteiger partial charge in [0.15, 0.2) is 5.84 Å². The maximum atomic E-state index is 12.4. The monoisotopic (exact) mass is 361 g/mol. The number of esters is 1. The predicted octanol–water partition coefficient (Wildman–Crippen LogP) is 3.72. The predicted molar refractivity (Wildman–Crippen MR) is 95.3 cm³/mol. The fourth-order valence-corrected chi connectivity index (χ4v) is 3.16. The summed E-state index contributed by atoms with van der Waals surface area (Å²) in [6.45, 7) is 3.94. The van der Waals surface area contributed by atoms with Crippen LogP contribution in [0.1, 0.15) is 31.1 Å². The second-order valence-corrected chi connectivity index (χ2v) is 6.34. The summed E-state index contributed by atoms with van der Waals surface area (Å²) in [5.74, 6) is 0.269. The van der Waals surface area contributed by atoms with E-state index in [0.29, 0.717) is 28.7 Å². The van der Waals surface area contributed by atoms with Crippen molar-refractivity contribution in [2.24, 2.45) is 4.99 Å². The van der Waals surface area contributed by atoms with Gasteiger partial charge in [-0.2, -0.15) is 0 Å². The van der Waals surface area contributed by atoms with E-state index in [2.05, 4.69) is 10.3 Å². The first-order valence-corrected chi connectivity index (χ1v) is 8.79. The Balaban J connectivity index is 2.06. The maximum absolute atomic E-state index is 12.4. The number of allylic oxidation sites excluding steroid dienone is 1. The Bertz CT molecular complexity index is 798. The molecule has 0 saturated heterocycles. The molecule has 1 aliphatic rings. The van der Waals surface area contributed by atoms with Crippen molar-refractivity contribution in [3.05, 3.63) is 62.7 Å². The molecule has 0 spiro atoms. The number of nitrogens with zero attached hydrogens (tertiary/aromatic N) is 2. The van der Waals surface area contributed by atoms with E-state index in [1.54, 1.807) is 24.6 Å². The van der Waals surface area contributed by atoms with Crippen molar-refractivity contribution in [3.8, 4) is 0 Å². The number of aliphatic imine (C=N–C) groups is 1. The summed E-state index contributed by atoms with van der Waals surface area (Å²) in [5, 5.41) is 5.71. The van der Waals surface area contributed by atoms with Crippen LogP contribution in [-0.4, -0.2) is 23.4 Å². The highest BCUT2D eigenvalue weighted by Crippen LogP contribution is 2.32. The van der Waals surface area contributed by atoms with Crippen LogP contribution >= 0.6 is 22.9 Å². The van der Waals surface area contributed by atoms with Gasteiger partial charge >= 0.3 is 5.97 Å². The molecule has 5 nitrogen and oxygen atoms in total. The molecule has 2 heterocycles. The molecule has 24 heavy (non-hydrogen) atoms. The van der Waals surface area contributed by atoms with Crippen molar-refractivity contribution >= 4 is 34.7 Å². The Morgan fingerprint density at radius 1 is 1.38 bits per heavy atom. The number of benzene rings is 1. The Hall–Kier alpha value is -2.18. The van der Waals surface area contributed by atoms with Gasteiger partial charge in [0.2, 0.25) is 0 Å². The molecule has 1 aliphatic heterocycles. The van der Waals surface area contributed by atoms with Gasteiger partial charge in [0.05, 0.1) is 17.7 Å². The van der Waals surface area contributed by atoms with E-state index in [4.69, 9.17) is 21.3 Å². The Labute approximate surface area is 149 Å². The van der Waals surface area contributed by atoms with E-state index < -0.39 is 6.04 Å². The number of carbonyl (C=O) groups excluding carboxylic acids is 1. The molecule has 0 aliphatic carbocycles. The SMILES string of the molecule is CCOC(=O)C1=C(C)NC(c2cscn2)=N[C@@H]1c1ccc(Cl)cc1. The first kappa shape index (κ1) is 16.7. The Kier molecular flexibility index (Phi) is 4.97. The second-order valence-electron chi connectivity index (χ2n) is 5.19. The topological polar surface area (TPSA) is 63.6 Å². The quantitative estimate of drug-likeness (QED) is 0.843. The summed E-state index contributed by atoms with van der Waals surface area (Å²) in [7, 11) is 0. The zero-order valence-corrected chi connectivity index (χ0v) is 14.8. The Morgan fingerprint density at radius 2 is 2.12 bits per heavy atom. The fourth-order valence-electron chi connectivity index (χ4n) is 2.50. The highest BCUT2D eigenvalue weighted by Gasteiger charge is 2.30. The van der Waals surface area contributed by atoms with Crippen LogP contribution in [0.15, 0.2) is 51.4 Å². The number of nitrogens with one attached hydrogen (secondary N) is 1. The van der Waals surface area contributed by atoms with E-state index in [-0.39, 0.29) is 5.97 Å². The number of amidine groups is 1. The van der Waals surface area contributed by atoms with E-state index >= 15 is 0 Å². The molecule has 1 aromatic carbocycles. The lowest BCUT2D eigenvalue weighted by molar-refractivity contribution is -0.138. The Morgan fingerprint density at radius 3 is 2.75 bits per heavy atom. The zero-order chi connectivity index (χ0) is 17.1. The summed E-state index contributed by atoms with van der Waals surface area (Å²) in [5.41, 5.74) is 4.58. The van der Waals surface area contributed by atoms with Gasteiger partial charge in [0.25, 0.3) is 0 Å². The van der Waals surface area contributed by atoms with E-state index in [1.165, 1.54) is 11.3 Å². The van der Waals surface area contributed by atoms with Gasteiger partial charge in [0.1, 0.15) is 11.7 Å². The van der Waals surface area contributed by atoms with Crippen molar-refractivity contribution in [2.45, 2.75) is 19.9 Å². The molecule has 0 amide bonds. The highest BCUT2D eigenvalue weighted by atomic mass is 35.5. The van der Waals surface area contributed by atoms with Gasteiger partial charge in [-0.3, -0.25) is 4.99 Å². The standard InChI is InChI=1S/C17H16ClN3O2S/c1-3-23-17(22)14-10(2)20-16(13-8-24-9-19-13)21-15(14)11-4-6-12(18)7-5-11/h4-9,15H,3H2,1-2H3,(H,20,21)/t15-/m1/s1. The van der Waals surface area contributed by atoms with E-state index in [9.17, 15) is 4.79 Å². The lowest BCUT2D eigenvalue weighted by Gasteiger charge is -2.25. The molecule has 3 rings (SSSR count). The van der Waals surface area contributed by atoms with Gasteiger partial charge in [-0.1, -0.05) is 23.7 Å². The second kappa shape index (κ2) is 7.15. The summed E-state index contributed by atoms with van der Waals surface area (Å²) < 4.78 is 5.21. The highest BCUT2D eigenvalue weighted by molar-refractivity contribution is 7.07. The van der Waals surface area contributed by atoms with E-state index in [0.717, 1.165) is 11.3 Å². The van der Waals surface area contributed by atoms with Crippen molar-refractivity contribution in [1.82, 2.24) is 10.3 Å².